The fourth-order valence-electron chi connectivity index (χ4n) is 1.57. The number of benzene rings is 1. The van der Waals surface area contributed by atoms with Crippen molar-refractivity contribution in [2.45, 2.75) is 26.4 Å². The molecule has 19 heavy (non-hydrogen) atoms. The predicted octanol–water partition coefficient (Wildman–Crippen LogP) is 5.20. The van der Waals surface area contributed by atoms with Gasteiger partial charge in [-0.1, -0.05) is 11.6 Å². The number of hydrogen-bond donors (Lipinski definition) is 1. The summed E-state index contributed by atoms with van der Waals surface area (Å²) < 4.78 is 11.4. The SMILES string of the molecule is CC(C)(C)OC(=O)Nc1c(Cl)ccc2c(Br)coc12. The molecule has 0 aliphatic carbocycles. The van der Waals surface area contributed by atoms with Crippen LogP contribution in [0.5, 0.6) is 0 Å². The third kappa shape index (κ3) is 3.22. The molecule has 1 aromatic heterocycles. The Balaban J connectivity index is 2.34. The molecule has 0 atom stereocenters. The van der Waals surface area contributed by atoms with E-state index >= 15 is 0 Å². The van der Waals surface area contributed by atoms with Crippen LogP contribution >= 0.6 is 27.5 Å². The monoisotopic (exact) mass is 345 g/mol. The Kier molecular flexibility index (Phi) is 3.78. The lowest BCUT2D eigenvalue weighted by Gasteiger charge is -2.20. The first-order valence-corrected chi connectivity index (χ1v) is 6.80. The number of anilines is 1. The molecule has 1 heterocycles. The average Bonchev–Trinajstić information content (AvgIpc) is 2.62. The maximum absolute atomic E-state index is 11.8. The highest BCUT2D eigenvalue weighted by atomic mass is 79.9. The molecule has 1 aromatic carbocycles. The standard InChI is InChI=1S/C13H13BrClNO3/c1-13(2,3)19-12(17)16-10-9(15)5-4-7-8(14)6-18-11(7)10/h4-6H,1-3H3,(H,16,17). The van der Waals surface area contributed by atoms with Crippen LogP contribution in [0.2, 0.25) is 5.02 Å². The van der Waals surface area contributed by atoms with Gasteiger partial charge in [-0.25, -0.2) is 4.79 Å². The Morgan fingerprint density at radius 3 is 2.74 bits per heavy atom. The van der Waals surface area contributed by atoms with Gasteiger partial charge in [-0.2, -0.15) is 0 Å². The summed E-state index contributed by atoms with van der Waals surface area (Å²) in [5, 5.41) is 3.83. The fourth-order valence-corrected chi connectivity index (χ4v) is 2.17. The molecule has 0 spiro atoms. The minimum Gasteiger partial charge on any atom is -0.461 e. The van der Waals surface area contributed by atoms with Gasteiger partial charge in [-0.05, 0) is 48.8 Å². The molecule has 0 radical (unpaired) electrons. The van der Waals surface area contributed by atoms with Crippen LogP contribution in [0.1, 0.15) is 20.8 Å². The molecule has 1 N–H and O–H groups in total. The summed E-state index contributed by atoms with van der Waals surface area (Å²) in [5.41, 5.74) is 0.332. The second-order valence-electron chi connectivity index (χ2n) is 5.01. The van der Waals surface area contributed by atoms with Crippen molar-refractivity contribution >= 4 is 50.3 Å². The molecule has 6 heteroatoms. The summed E-state index contributed by atoms with van der Waals surface area (Å²) >= 11 is 9.44. The van der Waals surface area contributed by atoms with Crippen LogP contribution in [0.3, 0.4) is 0 Å². The van der Waals surface area contributed by atoms with Crippen LogP contribution in [-0.2, 0) is 4.74 Å². The Bertz CT molecular complexity index is 631. The topological polar surface area (TPSA) is 51.5 Å². The molecular formula is C13H13BrClNO3. The van der Waals surface area contributed by atoms with Gasteiger partial charge in [0.2, 0.25) is 0 Å². The van der Waals surface area contributed by atoms with E-state index in [0.717, 1.165) is 9.86 Å². The predicted molar refractivity (Wildman–Crippen MR) is 78.8 cm³/mol. The van der Waals surface area contributed by atoms with Crippen LogP contribution in [0, 0.1) is 0 Å². The van der Waals surface area contributed by atoms with Gasteiger partial charge >= 0.3 is 6.09 Å². The second kappa shape index (κ2) is 5.06. The molecule has 0 bridgehead atoms. The third-order valence-electron chi connectivity index (χ3n) is 2.27. The second-order valence-corrected chi connectivity index (χ2v) is 6.27. The number of amides is 1. The number of hydrogen-bond acceptors (Lipinski definition) is 3. The Labute approximate surface area is 124 Å². The first-order valence-electron chi connectivity index (χ1n) is 5.63. The van der Waals surface area contributed by atoms with E-state index in [-0.39, 0.29) is 0 Å². The molecule has 0 saturated heterocycles. The number of carbonyl (C=O) groups excluding carboxylic acids is 1. The lowest BCUT2D eigenvalue weighted by molar-refractivity contribution is 0.0636. The number of halogens is 2. The highest BCUT2D eigenvalue weighted by molar-refractivity contribution is 9.10. The molecule has 2 aromatic rings. The van der Waals surface area contributed by atoms with Crippen LogP contribution in [0.25, 0.3) is 11.0 Å². The lowest BCUT2D eigenvalue weighted by Crippen LogP contribution is -2.27. The number of ether oxygens (including phenoxy) is 1. The van der Waals surface area contributed by atoms with E-state index in [1.165, 1.54) is 0 Å². The van der Waals surface area contributed by atoms with Crippen molar-refractivity contribution in [2.75, 3.05) is 5.32 Å². The van der Waals surface area contributed by atoms with E-state index in [9.17, 15) is 4.79 Å². The first kappa shape index (κ1) is 14.2. The van der Waals surface area contributed by atoms with E-state index in [1.54, 1.807) is 33.1 Å². The van der Waals surface area contributed by atoms with Crippen molar-refractivity contribution in [3.63, 3.8) is 0 Å². The maximum Gasteiger partial charge on any atom is 0.412 e. The molecular weight excluding hydrogens is 334 g/mol. The van der Waals surface area contributed by atoms with Crippen LogP contribution in [-0.4, -0.2) is 11.7 Å². The maximum atomic E-state index is 11.8. The molecule has 2 rings (SSSR count). The minimum atomic E-state index is -0.575. The largest absolute Gasteiger partial charge is 0.461 e. The van der Waals surface area contributed by atoms with Gasteiger partial charge in [0.05, 0.1) is 9.50 Å². The number of carbonyl (C=O) groups is 1. The Morgan fingerprint density at radius 2 is 2.11 bits per heavy atom. The van der Waals surface area contributed by atoms with E-state index in [1.807, 2.05) is 6.07 Å². The molecule has 1 amide bonds. The summed E-state index contributed by atoms with van der Waals surface area (Å²) in [4.78, 5) is 11.8. The molecule has 0 aliphatic rings. The van der Waals surface area contributed by atoms with Crippen molar-refractivity contribution in [2.24, 2.45) is 0 Å². The van der Waals surface area contributed by atoms with Gasteiger partial charge in [-0.15, -0.1) is 0 Å². The van der Waals surface area contributed by atoms with E-state index in [0.29, 0.717) is 16.3 Å². The molecule has 102 valence electrons. The number of rotatable bonds is 1. The highest BCUT2D eigenvalue weighted by Gasteiger charge is 2.19. The van der Waals surface area contributed by atoms with Crippen molar-refractivity contribution < 1.29 is 13.9 Å². The fraction of sp³-hybridized carbons (Fsp3) is 0.308. The van der Waals surface area contributed by atoms with Gasteiger partial charge in [0.1, 0.15) is 17.6 Å². The van der Waals surface area contributed by atoms with Gasteiger partial charge in [0, 0.05) is 5.39 Å². The van der Waals surface area contributed by atoms with Crippen molar-refractivity contribution in [3.05, 3.63) is 27.9 Å². The summed E-state index contributed by atoms with van der Waals surface area (Å²) in [6, 6.07) is 3.50. The Morgan fingerprint density at radius 1 is 1.42 bits per heavy atom. The van der Waals surface area contributed by atoms with Gasteiger partial charge < -0.3 is 9.15 Å². The van der Waals surface area contributed by atoms with Gasteiger partial charge in [-0.3, -0.25) is 5.32 Å². The summed E-state index contributed by atoms with van der Waals surface area (Å²) in [6.07, 6.45) is 0.968. The van der Waals surface area contributed by atoms with Crippen LogP contribution in [0.15, 0.2) is 27.3 Å². The molecule has 0 fully saturated rings. The van der Waals surface area contributed by atoms with Crippen molar-refractivity contribution in [1.29, 1.82) is 0 Å². The molecule has 4 nitrogen and oxygen atoms in total. The third-order valence-corrected chi connectivity index (χ3v) is 3.20. The Hall–Kier alpha value is -1.20. The van der Waals surface area contributed by atoms with Gasteiger partial charge in [0.25, 0.3) is 0 Å². The van der Waals surface area contributed by atoms with Crippen molar-refractivity contribution in [1.82, 2.24) is 0 Å². The first-order chi connectivity index (χ1) is 8.78. The summed E-state index contributed by atoms with van der Waals surface area (Å²) in [6.45, 7) is 5.37. The minimum absolute atomic E-state index is 0.389. The van der Waals surface area contributed by atoms with E-state index < -0.39 is 11.7 Å². The quantitative estimate of drug-likeness (QED) is 0.772. The lowest BCUT2D eigenvalue weighted by atomic mass is 10.2. The number of fused-ring (bicyclic) bond motifs is 1. The number of furan rings is 1. The summed E-state index contributed by atoms with van der Waals surface area (Å²) in [5.74, 6) is 0. The average molecular weight is 347 g/mol. The summed E-state index contributed by atoms with van der Waals surface area (Å²) in [7, 11) is 0. The number of nitrogens with one attached hydrogen (secondary N) is 1. The highest BCUT2D eigenvalue weighted by Crippen LogP contribution is 2.36. The van der Waals surface area contributed by atoms with E-state index in [2.05, 4.69) is 21.2 Å². The van der Waals surface area contributed by atoms with E-state index in [4.69, 9.17) is 20.8 Å². The molecule has 0 unspecified atom stereocenters. The van der Waals surface area contributed by atoms with Crippen LogP contribution in [0.4, 0.5) is 10.5 Å². The zero-order valence-electron chi connectivity index (χ0n) is 10.7. The smallest absolute Gasteiger partial charge is 0.412 e. The molecule has 0 aliphatic heterocycles. The normalized spacial score (nSPS) is 11.6. The van der Waals surface area contributed by atoms with Gasteiger partial charge in [0.15, 0.2) is 5.58 Å². The van der Waals surface area contributed by atoms with Crippen molar-refractivity contribution in [3.8, 4) is 0 Å². The van der Waals surface area contributed by atoms with Crippen LogP contribution < -0.4 is 5.32 Å². The molecule has 0 saturated carbocycles. The zero-order valence-corrected chi connectivity index (χ0v) is 13.1. The zero-order chi connectivity index (χ0) is 14.2.